The summed E-state index contributed by atoms with van der Waals surface area (Å²) in [5.74, 6) is 0.898. The molecular weight excluding hydrogens is 214 g/mol. The molecule has 94 valence electrons. The molecule has 0 saturated heterocycles. The van der Waals surface area contributed by atoms with Crippen molar-refractivity contribution in [2.45, 2.75) is 44.2 Å². The molecular formula is C14H21NO2. The number of nitrogens with two attached hydrogens (primary N) is 1. The van der Waals surface area contributed by atoms with Gasteiger partial charge < -0.3 is 15.6 Å². The maximum absolute atomic E-state index is 9.20. The van der Waals surface area contributed by atoms with Crippen LogP contribution in [0.3, 0.4) is 0 Å². The Balaban J connectivity index is 1.93. The van der Waals surface area contributed by atoms with Crippen LogP contribution in [0.1, 0.15) is 31.7 Å². The van der Waals surface area contributed by atoms with Gasteiger partial charge in [0.25, 0.3) is 0 Å². The van der Waals surface area contributed by atoms with Gasteiger partial charge in [-0.15, -0.1) is 0 Å². The molecule has 0 aliphatic heterocycles. The Hall–Kier alpha value is -1.06. The van der Waals surface area contributed by atoms with Crippen molar-refractivity contribution >= 4 is 0 Å². The molecule has 2 rings (SSSR count). The number of rotatable bonds is 4. The van der Waals surface area contributed by atoms with E-state index in [9.17, 15) is 5.11 Å². The first-order chi connectivity index (χ1) is 8.15. The zero-order valence-corrected chi connectivity index (χ0v) is 10.4. The summed E-state index contributed by atoms with van der Waals surface area (Å²) in [6, 6.07) is 8.20. The minimum Gasteiger partial charge on any atom is -0.490 e. The van der Waals surface area contributed by atoms with E-state index >= 15 is 0 Å². The topological polar surface area (TPSA) is 55.5 Å². The summed E-state index contributed by atoms with van der Waals surface area (Å²) >= 11 is 0. The summed E-state index contributed by atoms with van der Waals surface area (Å²) in [4.78, 5) is 0. The molecule has 17 heavy (non-hydrogen) atoms. The van der Waals surface area contributed by atoms with Gasteiger partial charge in [-0.2, -0.15) is 0 Å². The third-order valence-electron chi connectivity index (χ3n) is 3.55. The molecule has 1 saturated carbocycles. The van der Waals surface area contributed by atoms with Crippen molar-refractivity contribution in [2.75, 3.05) is 6.61 Å². The molecule has 3 N–H and O–H groups in total. The fourth-order valence-corrected chi connectivity index (χ4v) is 2.35. The van der Waals surface area contributed by atoms with Crippen molar-refractivity contribution in [3.63, 3.8) is 0 Å². The standard InChI is InChI=1S/C14H21NO2/c1-2-11-3-5-12(6-4-11)17-13-7-8-14(15,9-13)10-16/h3-6,13,16H,2,7-10,15H2,1H3. The molecule has 3 heteroatoms. The molecule has 0 aromatic heterocycles. The van der Waals surface area contributed by atoms with E-state index in [0.717, 1.165) is 31.4 Å². The molecule has 0 spiro atoms. The van der Waals surface area contributed by atoms with Gasteiger partial charge in [0, 0.05) is 12.0 Å². The Morgan fingerprint density at radius 1 is 1.41 bits per heavy atom. The first kappa shape index (κ1) is 12.4. The molecule has 1 aromatic carbocycles. The van der Waals surface area contributed by atoms with E-state index < -0.39 is 5.54 Å². The van der Waals surface area contributed by atoms with Crippen molar-refractivity contribution in [2.24, 2.45) is 5.73 Å². The first-order valence-corrected chi connectivity index (χ1v) is 6.30. The second-order valence-corrected chi connectivity index (χ2v) is 5.00. The van der Waals surface area contributed by atoms with Gasteiger partial charge in [0.05, 0.1) is 6.61 Å². The monoisotopic (exact) mass is 235 g/mol. The molecule has 0 amide bonds. The molecule has 0 bridgehead atoms. The largest absolute Gasteiger partial charge is 0.490 e. The van der Waals surface area contributed by atoms with Crippen molar-refractivity contribution in [1.82, 2.24) is 0 Å². The predicted molar refractivity (Wildman–Crippen MR) is 68.1 cm³/mol. The molecule has 2 unspecified atom stereocenters. The lowest BCUT2D eigenvalue weighted by molar-refractivity contribution is 0.166. The van der Waals surface area contributed by atoms with Crippen LogP contribution in [0.4, 0.5) is 0 Å². The van der Waals surface area contributed by atoms with Crippen molar-refractivity contribution in [3.05, 3.63) is 29.8 Å². The summed E-state index contributed by atoms with van der Waals surface area (Å²) in [5, 5.41) is 9.20. The predicted octanol–water partition coefficient (Wildman–Crippen LogP) is 1.87. The molecule has 1 aliphatic rings. The minimum atomic E-state index is -0.436. The van der Waals surface area contributed by atoms with E-state index in [0.29, 0.717) is 0 Å². The van der Waals surface area contributed by atoms with Gasteiger partial charge in [0.2, 0.25) is 0 Å². The van der Waals surface area contributed by atoms with E-state index in [1.54, 1.807) is 0 Å². The summed E-state index contributed by atoms with van der Waals surface area (Å²) in [7, 11) is 0. The Morgan fingerprint density at radius 3 is 2.65 bits per heavy atom. The molecule has 1 aliphatic carbocycles. The molecule has 1 aromatic rings. The Labute approximate surface area is 103 Å². The van der Waals surface area contributed by atoms with Crippen molar-refractivity contribution in [1.29, 1.82) is 0 Å². The second-order valence-electron chi connectivity index (χ2n) is 5.00. The van der Waals surface area contributed by atoms with Crippen molar-refractivity contribution < 1.29 is 9.84 Å². The maximum Gasteiger partial charge on any atom is 0.119 e. The molecule has 0 heterocycles. The van der Waals surface area contributed by atoms with Crippen LogP contribution in [-0.4, -0.2) is 23.4 Å². The van der Waals surface area contributed by atoms with Crippen LogP contribution in [-0.2, 0) is 6.42 Å². The molecule has 0 radical (unpaired) electrons. The third-order valence-corrected chi connectivity index (χ3v) is 3.55. The lowest BCUT2D eigenvalue weighted by Crippen LogP contribution is -2.41. The van der Waals surface area contributed by atoms with E-state index in [4.69, 9.17) is 10.5 Å². The second kappa shape index (κ2) is 5.07. The Morgan fingerprint density at radius 2 is 2.12 bits per heavy atom. The number of aryl methyl sites for hydroxylation is 1. The van der Waals surface area contributed by atoms with E-state index in [2.05, 4.69) is 19.1 Å². The molecule has 1 fully saturated rings. The smallest absolute Gasteiger partial charge is 0.119 e. The fourth-order valence-electron chi connectivity index (χ4n) is 2.35. The number of hydrogen-bond donors (Lipinski definition) is 2. The fraction of sp³-hybridized carbons (Fsp3) is 0.571. The third kappa shape index (κ3) is 2.99. The highest BCUT2D eigenvalue weighted by atomic mass is 16.5. The molecule has 2 atom stereocenters. The van der Waals surface area contributed by atoms with Gasteiger partial charge in [0.1, 0.15) is 11.9 Å². The van der Waals surface area contributed by atoms with E-state index in [1.165, 1.54) is 5.56 Å². The van der Waals surface area contributed by atoms with E-state index in [1.807, 2.05) is 12.1 Å². The number of aliphatic hydroxyl groups excluding tert-OH is 1. The summed E-state index contributed by atoms with van der Waals surface area (Å²) in [6.07, 6.45) is 3.67. The van der Waals surface area contributed by atoms with Crippen molar-refractivity contribution in [3.8, 4) is 5.75 Å². The highest BCUT2D eigenvalue weighted by Crippen LogP contribution is 2.30. The first-order valence-electron chi connectivity index (χ1n) is 6.30. The SMILES string of the molecule is CCc1ccc(OC2CCC(N)(CO)C2)cc1. The van der Waals surface area contributed by atoms with Crippen LogP contribution in [0.15, 0.2) is 24.3 Å². The normalized spacial score (nSPS) is 28.3. The van der Waals surface area contributed by atoms with Gasteiger partial charge in [-0.1, -0.05) is 19.1 Å². The minimum absolute atomic E-state index is 0.0433. The zero-order valence-electron chi connectivity index (χ0n) is 10.4. The summed E-state index contributed by atoms with van der Waals surface area (Å²) in [5.41, 5.74) is 6.89. The lowest BCUT2D eigenvalue weighted by atomic mass is 10.0. The average molecular weight is 235 g/mol. The van der Waals surface area contributed by atoms with Crippen LogP contribution in [0, 0.1) is 0 Å². The molecule has 3 nitrogen and oxygen atoms in total. The van der Waals surface area contributed by atoms with Crippen LogP contribution in [0.5, 0.6) is 5.75 Å². The van der Waals surface area contributed by atoms with E-state index in [-0.39, 0.29) is 12.7 Å². The summed E-state index contributed by atoms with van der Waals surface area (Å²) < 4.78 is 5.88. The van der Waals surface area contributed by atoms with Crippen LogP contribution in [0.2, 0.25) is 0 Å². The number of benzene rings is 1. The highest BCUT2D eigenvalue weighted by molar-refractivity contribution is 5.27. The Kier molecular flexibility index (Phi) is 3.69. The van der Waals surface area contributed by atoms with Gasteiger partial charge in [-0.3, -0.25) is 0 Å². The van der Waals surface area contributed by atoms with Gasteiger partial charge >= 0.3 is 0 Å². The zero-order chi connectivity index (χ0) is 12.3. The number of hydrogen-bond acceptors (Lipinski definition) is 3. The van der Waals surface area contributed by atoms with Gasteiger partial charge in [-0.25, -0.2) is 0 Å². The quantitative estimate of drug-likeness (QED) is 0.837. The van der Waals surface area contributed by atoms with Gasteiger partial charge in [-0.05, 0) is 37.0 Å². The summed E-state index contributed by atoms with van der Waals surface area (Å²) in [6.45, 7) is 2.18. The lowest BCUT2D eigenvalue weighted by Gasteiger charge is -2.21. The van der Waals surface area contributed by atoms with Gasteiger partial charge in [0.15, 0.2) is 0 Å². The number of ether oxygens (including phenoxy) is 1. The maximum atomic E-state index is 9.20. The van der Waals surface area contributed by atoms with Crippen LogP contribution in [0.25, 0.3) is 0 Å². The number of aliphatic hydroxyl groups is 1. The van der Waals surface area contributed by atoms with Crippen LogP contribution < -0.4 is 10.5 Å². The van der Waals surface area contributed by atoms with Crippen LogP contribution >= 0.6 is 0 Å². The highest BCUT2D eigenvalue weighted by Gasteiger charge is 2.36. The Bertz CT molecular complexity index is 363. The average Bonchev–Trinajstić information content (AvgIpc) is 2.73.